The summed E-state index contributed by atoms with van der Waals surface area (Å²) in [6.07, 6.45) is 4.82. The minimum Gasteiger partial charge on any atom is -0.389 e. The molecular formula is C15H18N2O. The summed E-state index contributed by atoms with van der Waals surface area (Å²) < 4.78 is 0. The second kappa shape index (κ2) is 4.67. The number of hydrogen-bond donors (Lipinski definition) is 2. The summed E-state index contributed by atoms with van der Waals surface area (Å²) in [5.74, 6) is 0. The molecule has 0 aliphatic heterocycles. The number of pyridine rings is 1. The van der Waals surface area contributed by atoms with E-state index in [1.165, 1.54) is 10.9 Å². The van der Waals surface area contributed by atoms with Gasteiger partial charge in [0, 0.05) is 24.7 Å². The van der Waals surface area contributed by atoms with Crippen LogP contribution in [-0.4, -0.2) is 22.2 Å². The Bertz CT molecular complexity index is 544. The van der Waals surface area contributed by atoms with Crippen LogP contribution in [0.3, 0.4) is 0 Å². The van der Waals surface area contributed by atoms with Crippen molar-refractivity contribution in [3.63, 3.8) is 0 Å². The lowest BCUT2D eigenvalue weighted by molar-refractivity contribution is -0.0314. The predicted octanol–water partition coefficient (Wildman–Crippen LogP) is 2.24. The molecule has 0 bridgehead atoms. The summed E-state index contributed by atoms with van der Waals surface area (Å²) in [4.78, 5) is 4.43. The first-order valence-electron chi connectivity index (χ1n) is 6.53. The second-order valence-electron chi connectivity index (χ2n) is 5.17. The number of para-hydroxylation sites is 1. The Morgan fingerprint density at radius 3 is 2.83 bits per heavy atom. The molecule has 94 valence electrons. The molecule has 2 aromatic rings. The number of nitrogens with one attached hydrogen (secondary N) is 1. The highest BCUT2D eigenvalue weighted by molar-refractivity contribution is 5.81. The molecule has 0 unspecified atom stereocenters. The number of benzene rings is 1. The quantitative estimate of drug-likeness (QED) is 0.864. The van der Waals surface area contributed by atoms with Gasteiger partial charge < -0.3 is 10.4 Å². The molecule has 0 saturated heterocycles. The predicted molar refractivity (Wildman–Crippen MR) is 72.3 cm³/mol. The van der Waals surface area contributed by atoms with E-state index < -0.39 is 5.60 Å². The van der Waals surface area contributed by atoms with Gasteiger partial charge in [-0.3, -0.25) is 4.98 Å². The Morgan fingerprint density at radius 2 is 2.06 bits per heavy atom. The van der Waals surface area contributed by atoms with Crippen LogP contribution in [0.1, 0.15) is 24.8 Å². The number of aromatic nitrogens is 1. The van der Waals surface area contributed by atoms with Crippen LogP contribution < -0.4 is 5.32 Å². The van der Waals surface area contributed by atoms with Crippen LogP contribution in [0.5, 0.6) is 0 Å². The Morgan fingerprint density at radius 1 is 1.22 bits per heavy atom. The lowest BCUT2D eigenvalue weighted by Gasteiger charge is -2.36. The molecule has 3 nitrogen and oxygen atoms in total. The first kappa shape index (κ1) is 11.6. The van der Waals surface area contributed by atoms with Gasteiger partial charge in [0.2, 0.25) is 0 Å². The van der Waals surface area contributed by atoms with Crippen molar-refractivity contribution in [3.05, 3.63) is 42.1 Å². The molecule has 18 heavy (non-hydrogen) atoms. The molecule has 1 aliphatic rings. The molecule has 2 N–H and O–H groups in total. The van der Waals surface area contributed by atoms with Gasteiger partial charge in [-0.2, -0.15) is 0 Å². The third-order valence-corrected chi connectivity index (χ3v) is 3.77. The maximum absolute atomic E-state index is 10.0. The Hall–Kier alpha value is -1.45. The van der Waals surface area contributed by atoms with E-state index in [0.29, 0.717) is 6.54 Å². The van der Waals surface area contributed by atoms with Gasteiger partial charge >= 0.3 is 0 Å². The van der Waals surface area contributed by atoms with Crippen molar-refractivity contribution in [3.8, 4) is 0 Å². The van der Waals surface area contributed by atoms with Crippen LogP contribution >= 0.6 is 0 Å². The van der Waals surface area contributed by atoms with E-state index in [-0.39, 0.29) is 0 Å². The largest absolute Gasteiger partial charge is 0.389 e. The third-order valence-electron chi connectivity index (χ3n) is 3.77. The first-order chi connectivity index (χ1) is 8.77. The molecule has 1 heterocycles. The van der Waals surface area contributed by atoms with Crippen molar-refractivity contribution in [1.29, 1.82) is 0 Å². The van der Waals surface area contributed by atoms with Gasteiger partial charge in [-0.05, 0) is 30.9 Å². The fraction of sp³-hybridized carbons (Fsp3) is 0.400. The Balaban J connectivity index is 1.70. The third kappa shape index (κ3) is 2.24. The topological polar surface area (TPSA) is 45.1 Å². The van der Waals surface area contributed by atoms with Crippen molar-refractivity contribution in [2.75, 3.05) is 6.54 Å². The van der Waals surface area contributed by atoms with Crippen LogP contribution in [0.4, 0.5) is 0 Å². The van der Waals surface area contributed by atoms with Gasteiger partial charge in [0.25, 0.3) is 0 Å². The molecule has 3 heteroatoms. The maximum atomic E-state index is 10.0. The van der Waals surface area contributed by atoms with Gasteiger partial charge in [0.15, 0.2) is 0 Å². The normalized spacial score (nSPS) is 17.6. The van der Waals surface area contributed by atoms with E-state index >= 15 is 0 Å². The van der Waals surface area contributed by atoms with Gasteiger partial charge in [-0.15, -0.1) is 0 Å². The number of aliphatic hydroxyl groups is 1. The summed E-state index contributed by atoms with van der Waals surface area (Å²) in [5.41, 5.74) is 1.78. The smallest absolute Gasteiger partial charge is 0.0771 e. The minimum atomic E-state index is -0.460. The minimum absolute atomic E-state index is 0.460. The fourth-order valence-corrected chi connectivity index (χ4v) is 2.50. The van der Waals surface area contributed by atoms with Crippen LogP contribution in [0.15, 0.2) is 36.5 Å². The Labute approximate surface area is 107 Å². The summed E-state index contributed by atoms with van der Waals surface area (Å²) in [7, 11) is 0. The van der Waals surface area contributed by atoms with Crippen molar-refractivity contribution in [1.82, 2.24) is 10.3 Å². The number of rotatable bonds is 4. The summed E-state index contributed by atoms with van der Waals surface area (Å²) in [5, 5.41) is 14.5. The first-order valence-corrected chi connectivity index (χ1v) is 6.53. The van der Waals surface area contributed by atoms with E-state index in [4.69, 9.17) is 0 Å². The molecule has 0 atom stereocenters. The molecular weight excluding hydrogens is 224 g/mol. The van der Waals surface area contributed by atoms with Crippen LogP contribution in [0.2, 0.25) is 0 Å². The molecule has 1 fully saturated rings. The molecule has 0 amide bonds. The van der Waals surface area contributed by atoms with Crippen molar-refractivity contribution in [2.24, 2.45) is 0 Å². The lowest BCUT2D eigenvalue weighted by atomic mass is 9.80. The van der Waals surface area contributed by atoms with Crippen molar-refractivity contribution >= 4 is 10.9 Å². The van der Waals surface area contributed by atoms with E-state index in [1.807, 2.05) is 12.3 Å². The van der Waals surface area contributed by atoms with Crippen molar-refractivity contribution in [2.45, 2.75) is 31.4 Å². The summed E-state index contributed by atoms with van der Waals surface area (Å²) in [6, 6.07) is 10.2. The standard InChI is InChI=1S/C15H18N2O/c18-15(7-3-8-15)11-16-10-13-5-1-4-12-6-2-9-17-14(12)13/h1-2,4-6,9,16,18H,3,7-8,10-11H2. The van der Waals surface area contributed by atoms with E-state index in [2.05, 4.69) is 34.6 Å². The molecule has 1 aromatic heterocycles. The van der Waals surface area contributed by atoms with Gasteiger partial charge in [-0.1, -0.05) is 24.3 Å². The molecule has 0 spiro atoms. The van der Waals surface area contributed by atoms with Gasteiger partial charge in [-0.25, -0.2) is 0 Å². The number of fused-ring (bicyclic) bond motifs is 1. The Kier molecular flexibility index (Phi) is 3.02. The highest BCUT2D eigenvalue weighted by atomic mass is 16.3. The van der Waals surface area contributed by atoms with Crippen LogP contribution in [0, 0.1) is 0 Å². The second-order valence-corrected chi connectivity index (χ2v) is 5.17. The maximum Gasteiger partial charge on any atom is 0.0771 e. The average molecular weight is 242 g/mol. The molecule has 0 radical (unpaired) electrons. The van der Waals surface area contributed by atoms with Gasteiger partial charge in [0.1, 0.15) is 0 Å². The summed E-state index contributed by atoms with van der Waals surface area (Å²) >= 11 is 0. The fourth-order valence-electron chi connectivity index (χ4n) is 2.50. The van der Waals surface area contributed by atoms with Crippen LogP contribution in [0.25, 0.3) is 10.9 Å². The van der Waals surface area contributed by atoms with E-state index in [1.54, 1.807) is 0 Å². The van der Waals surface area contributed by atoms with Crippen LogP contribution in [-0.2, 0) is 6.54 Å². The zero-order valence-electron chi connectivity index (χ0n) is 10.4. The highest BCUT2D eigenvalue weighted by Crippen LogP contribution is 2.30. The molecule has 1 saturated carbocycles. The number of nitrogens with zero attached hydrogens (tertiary/aromatic N) is 1. The zero-order valence-corrected chi connectivity index (χ0v) is 10.4. The highest BCUT2D eigenvalue weighted by Gasteiger charge is 2.33. The monoisotopic (exact) mass is 242 g/mol. The van der Waals surface area contributed by atoms with Gasteiger partial charge in [0.05, 0.1) is 11.1 Å². The van der Waals surface area contributed by atoms with Crippen molar-refractivity contribution < 1.29 is 5.11 Å². The molecule has 3 rings (SSSR count). The van der Waals surface area contributed by atoms with E-state index in [9.17, 15) is 5.11 Å². The van der Waals surface area contributed by atoms with E-state index in [0.717, 1.165) is 31.3 Å². The lowest BCUT2D eigenvalue weighted by Crippen LogP contribution is -2.45. The average Bonchev–Trinajstić information content (AvgIpc) is 2.37. The zero-order chi connectivity index (χ0) is 12.4. The number of hydrogen-bond acceptors (Lipinski definition) is 3. The SMILES string of the molecule is OC1(CNCc2cccc3cccnc23)CCC1. The summed E-state index contributed by atoms with van der Waals surface area (Å²) in [6.45, 7) is 1.44. The molecule has 1 aliphatic carbocycles. The molecule has 1 aromatic carbocycles.